The molecule has 1 aromatic carbocycles. The van der Waals surface area contributed by atoms with Crippen LogP contribution in [-0.2, 0) is 9.22 Å². The highest BCUT2D eigenvalue weighted by Crippen LogP contribution is 2.37. The molecule has 0 radical (unpaired) electrons. The van der Waals surface area contributed by atoms with E-state index in [9.17, 15) is 9.59 Å². The highest BCUT2D eigenvalue weighted by Gasteiger charge is 2.40. The first kappa shape index (κ1) is 24.4. The smallest absolute Gasteiger partial charge is 0.312 e. The lowest BCUT2D eigenvalue weighted by atomic mass is 10.2. The number of amides is 1. The molecule has 0 aromatic heterocycles. The van der Waals surface area contributed by atoms with Crippen molar-refractivity contribution < 1.29 is 14.0 Å². The van der Waals surface area contributed by atoms with E-state index >= 15 is 0 Å². The maximum atomic E-state index is 12.3. The minimum Gasteiger partial charge on any atom is -0.518 e. The van der Waals surface area contributed by atoms with Gasteiger partial charge in [-0.3, -0.25) is 9.59 Å². The SMILES string of the molecule is CC(C)(C)[Si](C)(C)Nc1ccc(C(=O)NCC(=O)O[Si](C)(C)C(C)(C)C)cc1. The van der Waals surface area contributed by atoms with Crippen LogP contribution in [-0.4, -0.2) is 35.0 Å². The van der Waals surface area contributed by atoms with Crippen LogP contribution in [0.3, 0.4) is 0 Å². The molecule has 28 heavy (non-hydrogen) atoms. The van der Waals surface area contributed by atoms with Gasteiger partial charge in [0.15, 0.2) is 8.24 Å². The number of hydrogen-bond donors (Lipinski definition) is 2. The normalized spacial score (nSPS) is 13.1. The lowest BCUT2D eigenvalue weighted by Gasteiger charge is -2.38. The van der Waals surface area contributed by atoms with Crippen molar-refractivity contribution in [3.05, 3.63) is 29.8 Å². The molecule has 1 aromatic rings. The van der Waals surface area contributed by atoms with E-state index in [0.717, 1.165) is 5.69 Å². The van der Waals surface area contributed by atoms with Crippen LogP contribution in [0, 0.1) is 0 Å². The second-order valence-corrected chi connectivity index (χ2v) is 20.2. The molecule has 0 saturated heterocycles. The molecule has 5 nitrogen and oxygen atoms in total. The molecule has 158 valence electrons. The van der Waals surface area contributed by atoms with Crippen LogP contribution < -0.4 is 10.3 Å². The summed E-state index contributed by atoms with van der Waals surface area (Å²) in [4.78, 5) is 28.1. The molecule has 0 atom stereocenters. The summed E-state index contributed by atoms with van der Waals surface area (Å²) in [5, 5.41) is 2.82. The second-order valence-electron chi connectivity index (χ2n) is 10.5. The molecule has 0 bridgehead atoms. The number of carbonyl (C=O) groups excluding carboxylic acids is 2. The van der Waals surface area contributed by atoms with E-state index in [2.05, 4.69) is 64.9 Å². The van der Waals surface area contributed by atoms with Gasteiger partial charge in [-0.15, -0.1) is 0 Å². The Morgan fingerprint density at radius 2 is 1.39 bits per heavy atom. The average Bonchev–Trinajstić information content (AvgIpc) is 2.50. The first-order valence-corrected chi connectivity index (χ1v) is 15.8. The van der Waals surface area contributed by atoms with Crippen molar-refractivity contribution in [2.75, 3.05) is 11.5 Å². The predicted molar refractivity (Wildman–Crippen MR) is 123 cm³/mol. The minimum absolute atomic E-state index is 0.0559. The van der Waals surface area contributed by atoms with Crippen molar-refractivity contribution in [3.63, 3.8) is 0 Å². The molecule has 7 heteroatoms. The van der Waals surface area contributed by atoms with Crippen LogP contribution in [0.1, 0.15) is 51.9 Å². The van der Waals surface area contributed by atoms with E-state index in [0.29, 0.717) is 5.56 Å². The third-order valence-corrected chi connectivity index (χ3v) is 15.1. The fourth-order valence-electron chi connectivity index (χ4n) is 1.98. The van der Waals surface area contributed by atoms with Crippen molar-refractivity contribution in [1.29, 1.82) is 0 Å². The number of benzene rings is 1. The zero-order valence-corrected chi connectivity index (χ0v) is 21.2. The monoisotopic (exact) mass is 422 g/mol. The van der Waals surface area contributed by atoms with E-state index < -0.39 is 16.6 Å². The number of hydrogen-bond acceptors (Lipinski definition) is 4. The quantitative estimate of drug-likeness (QED) is 0.604. The van der Waals surface area contributed by atoms with E-state index in [1.165, 1.54) is 0 Å². The Morgan fingerprint density at radius 3 is 1.82 bits per heavy atom. The number of anilines is 1. The Bertz CT molecular complexity index is 700. The molecule has 0 fully saturated rings. The van der Waals surface area contributed by atoms with Crippen LogP contribution in [0.25, 0.3) is 0 Å². The lowest BCUT2D eigenvalue weighted by Crippen LogP contribution is -2.45. The maximum Gasteiger partial charge on any atom is 0.312 e. The second kappa shape index (κ2) is 8.41. The lowest BCUT2D eigenvalue weighted by molar-refractivity contribution is -0.134. The van der Waals surface area contributed by atoms with Gasteiger partial charge < -0.3 is 14.7 Å². The summed E-state index contributed by atoms with van der Waals surface area (Å²) in [7, 11) is -3.84. The molecule has 0 aliphatic rings. The third-order valence-electron chi connectivity index (χ3n) is 6.05. The molecule has 0 heterocycles. The average molecular weight is 423 g/mol. The molecule has 1 rings (SSSR count). The van der Waals surface area contributed by atoms with Gasteiger partial charge in [-0.2, -0.15) is 0 Å². The topological polar surface area (TPSA) is 67.4 Å². The van der Waals surface area contributed by atoms with Crippen LogP contribution >= 0.6 is 0 Å². The zero-order valence-electron chi connectivity index (χ0n) is 19.2. The van der Waals surface area contributed by atoms with Gasteiger partial charge in [0.2, 0.25) is 0 Å². The fourth-order valence-corrected chi connectivity index (χ4v) is 4.19. The van der Waals surface area contributed by atoms with Gasteiger partial charge in [-0.05, 0) is 47.4 Å². The molecule has 0 aliphatic carbocycles. The standard InChI is InChI=1S/C21H38N2O3Si2/c1-20(2,3)27(7,8)23-17-13-11-16(12-14-17)19(25)22-15-18(24)26-28(9,10)21(4,5)6/h11-14,23H,15H2,1-10H3,(H,22,25). The molecule has 0 saturated carbocycles. The summed E-state index contributed by atoms with van der Waals surface area (Å²) in [6, 6.07) is 7.40. The summed E-state index contributed by atoms with van der Waals surface area (Å²) in [6.45, 7) is 21.5. The van der Waals surface area contributed by atoms with E-state index in [4.69, 9.17) is 4.43 Å². The minimum atomic E-state index is -2.17. The van der Waals surface area contributed by atoms with Crippen molar-refractivity contribution in [2.45, 2.75) is 77.8 Å². The van der Waals surface area contributed by atoms with Crippen molar-refractivity contribution in [1.82, 2.24) is 5.32 Å². The number of rotatable bonds is 6. The first-order chi connectivity index (χ1) is 12.5. The van der Waals surface area contributed by atoms with Crippen LogP contribution in [0.2, 0.25) is 36.3 Å². The van der Waals surface area contributed by atoms with Crippen LogP contribution in [0.4, 0.5) is 5.69 Å². The largest absolute Gasteiger partial charge is 0.518 e. The maximum absolute atomic E-state index is 12.3. The Balaban J connectivity index is 2.66. The molecule has 0 unspecified atom stereocenters. The van der Waals surface area contributed by atoms with Gasteiger partial charge in [0, 0.05) is 11.3 Å². The van der Waals surface area contributed by atoms with Gasteiger partial charge in [-0.1, -0.05) is 54.6 Å². The number of carbonyl (C=O) groups is 2. The molecule has 0 spiro atoms. The highest BCUT2D eigenvalue weighted by molar-refractivity contribution is 6.83. The fraction of sp³-hybridized carbons (Fsp3) is 0.619. The van der Waals surface area contributed by atoms with Gasteiger partial charge in [0.1, 0.15) is 6.54 Å². The zero-order chi connectivity index (χ0) is 22.0. The Hall–Kier alpha value is -1.61. The molecular weight excluding hydrogens is 384 g/mol. The first-order valence-electron chi connectivity index (χ1n) is 9.84. The van der Waals surface area contributed by atoms with Gasteiger partial charge in [0.05, 0.1) is 0 Å². The van der Waals surface area contributed by atoms with Crippen molar-refractivity contribution in [2.24, 2.45) is 0 Å². The summed E-state index contributed by atoms with van der Waals surface area (Å²) in [5.74, 6) is -0.651. The van der Waals surface area contributed by atoms with Crippen molar-refractivity contribution >= 4 is 34.1 Å². The predicted octanol–water partition coefficient (Wildman–Crippen LogP) is 5.38. The number of nitrogens with one attached hydrogen (secondary N) is 2. The Kier molecular flexibility index (Phi) is 7.34. The van der Waals surface area contributed by atoms with Gasteiger partial charge >= 0.3 is 5.97 Å². The van der Waals surface area contributed by atoms with Crippen molar-refractivity contribution in [3.8, 4) is 0 Å². The molecule has 2 N–H and O–H groups in total. The summed E-state index contributed by atoms with van der Waals surface area (Å²) >= 11 is 0. The van der Waals surface area contributed by atoms with E-state index in [1.807, 2.05) is 25.2 Å². The van der Waals surface area contributed by atoms with Gasteiger partial charge in [0.25, 0.3) is 14.2 Å². The molecule has 0 aliphatic heterocycles. The van der Waals surface area contributed by atoms with Gasteiger partial charge in [-0.25, -0.2) is 0 Å². The third kappa shape index (κ3) is 6.48. The van der Waals surface area contributed by atoms with Crippen LogP contribution in [0.5, 0.6) is 0 Å². The van der Waals surface area contributed by atoms with E-state index in [1.54, 1.807) is 12.1 Å². The summed E-state index contributed by atoms with van der Waals surface area (Å²) in [5.41, 5.74) is 1.54. The molecular formula is C21H38N2O3Si2. The summed E-state index contributed by atoms with van der Waals surface area (Å²) < 4.78 is 5.67. The highest BCUT2D eigenvalue weighted by atomic mass is 28.4. The Morgan fingerprint density at radius 1 is 0.893 bits per heavy atom. The molecule has 1 amide bonds. The van der Waals surface area contributed by atoms with Crippen LogP contribution in [0.15, 0.2) is 24.3 Å². The Labute approximate surface area is 172 Å². The summed E-state index contributed by atoms with van der Waals surface area (Å²) in [6.07, 6.45) is 0. The van der Waals surface area contributed by atoms with E-state index in [-0.39, 0.29) is 28.5 Å².